The lowest BCUT2D eigenvalue weighted by Crippen LogP contribution is -2.35. The maximum Gasteiger partial charge on any atom is 0.252 e. The van der Waals surface area contributed by atoms with Crippen LogP contribution in [0.15, 0.2) is 20.1 Å². The largest absolute Gasteiger partial charge is 0.302 e. The molecular weight excluding hydrogens is 410 g/mol. The van der Waals surface area contributed by atoms with E-state index >= 15 is 0 Å². The molecule has 0 spiro atoms. The number of halogens is 1. The molecule has 3 heterocycles. The van der Waals surface area contributed by atoms with Crippen molar-refractivity contribution < 1.29 is 13.2 Å². The summed E-state index contributed by atoms with van der Waals surface area (Å²) < 4.78 is 27.8. The van der Waals surface area contributed by atoms with Crippen LogP contribution in [0.5, 0.6) is 0 Å². The van der Waals surface area contributed by atoms with E-state index in [9.17, 15) is 13.2 Å². The van der Waals surface area contributed by atoms with Crippen LogP contribution in [0.3, 0.4) is 0 Å². The molecule has 2 aromatic rings. The van der Waals surface area contributed by atoms with Crippen LogP contribution in [0.2, 0.25) is 0 Å². The van der Waals surface area contributed by atoms with Crippen LogP contribution in [0.4, 0.5) is 5.13 Å². The summed E-state index contributed by atoms with van der Waals surface area (Å²) in [6, 6.07) is 3.34. The van der Waals surface area contributed by atoms with E-state index in [0.717, 1.165) is 14.4 Å². The summed E-state index contributed by atoms with van der Waals surface area (Å²) in [5.74, 6) is -0.181. The number of hydrogen-bond donors (Lipinski definition) is 1. The summed E-state index contributed by atoms with van der Waals surface area (Å²) in [5, 5.41) is 3.17. The maximum atomic E-state index is 12.6. The Kier molecular flexibility index (Phi) is 4.38. The number of thiophene rings is 1. The van der Waals surface area contributed by atoms with Gasteiger partial charge in [0, 0.05) is 24.8 Å². The van der Waals surface area contributed by atoms with E-state index in [-0.39, 0.29) is 5.91 Å². The molecule has 0 saturated carbocycles. The summed E-state index contributed by atoms with van der Waals surface area (Å²) in [7, 11) is -3.48. The number of nitrogens with zero attached hydrogens (tertiary/aromatic N) is 2. The topological polar surface area (TPSA) is 79.4 Å². The van der Waals surface area contributed by atoms with Gasteiger partial charge in [-0.25, -0.2) is 13.4 Å². The SMILES string of the molecule is CC(=O)Nc1nc2c(s1)CN(S(=O)(=O)c1ccc(Br)s1)CC2. The van der Waals surface area contributed by atoms with Crippen molar-refractivity contribution in [3.8, 4) is 0 Å². The molecule has 1 aliphatic rings. The minimum absolute atomic E-state index is 0.181. The zero-order valence-electron chi connectivity index (χ0n) is 11.5. The second-order valence-corrected chi connectivity index (χ2v) is 10.4. The molecule has 0 unspecified atom stereocenters. The zero-order valence-corrected chi connectivity index (χ0v) is 15.5. The number of nitrogens with one attached hydrogen (secondary N) is 1. The van der Waals surface area contributed by atoms with Gasteiger partial charge in [-0.3, -0.25) is 4.79 Å². The lowest BCUT2D eigenvalue weighted by Gasteiger charge is -2.24. The lowest BCUT2D eigenvalue weighted by atomic mass is 10.2. The lowest BCUT2D eigenvalue weighted by molar-refractivity contribution is -0.114. The Morgan fingerprint density at radius 1 is 1.41 bits per heavy atom. The van der Waals surface area contributed by atoms with Gasteiger partial charge >= 0.3 is 0 Å². The van der Waals surface area contributed by atoms with Gasteiger partial charge in [0.2, 0.25) is 5.91 Å². The molecule has 1 N–H and O–H groups in total. The van der Waals surface area contributed by atoms with E-state index in [2.05, 4.69) is 26.2 Å². The first-order valence-electron chi connectivity index (χ1n) is 6.38. The molecule has 6 nitrogen and oxygen atoms in total. The van der Waals surface area contributed by atoms with Gasteiger partial charge in [-0.15, -0.1) is 22.7 Å². The monoisotopic (exact) mass is 421 g/mol. The molecule has 0 radical (unpaired) electrons. The van der Waals surface area contributed by atoms with E-state index < -0.39 is 10.0 Å². The molecule has 0 fully saturated rings. The minimum Gasteiger partial charge on any atom is -0.302 e. The number of sulfonamides is 1. The third kappa shape index (κ3) is 3.11. The Labute approximate surface area is 144 Å². The van der Waals surface area contributed by atoms with Crippen LogP contribution < -0.4 is 5.32 Å². The number of carbonyl (C=O) groups is 1. The second-order valence-electron chi connectivity index (χ2n) is 4.72. The molecule has 0 bridgehead atoms. The Balaban J connectivity index is 1.84. The quantitative estimate of drug-likeness (QED) is 0.825. The third-order valence-electron chi connectivity index (χ3n) is 3.12. The van der Waals surface area contributed by atoms with Crippen molar-refractivity contribution in [3.63, 3.8) is 0 Å². The highest BCUT2D eigenvalue weighted by Gasteiger charge is 2.31. The molecule has 1 aliphatic heterocycles. The number of carbonyl (C=O) groups excluding carboxylic acids is 1. The Hall–Kier alpha value is -0.810. The maximum absolute atomic E-state index is 12.6. The fraction of sp³-hybridized carbons (Fsp3) is 0.333. The van der Waals surface area contributed by atoms with Gasteiger partial charge in [-0.05, 0) is 28.1 Å². The minimum atomic E-state index is -3.48. The highest BCUT2D eigenvalue weighted by molar-refractivity contribution is 9.11. The molecular formula is C12H12BrN3O3S3. The molecule has 0 aliphatic carbocycles. The molecule has 1 amide bonds. The van der Waals surface area contributed by atoms with Gasteiger partial charge in [0.05, 0.1) is 16.0 Å². The van der Waals surface area contributed by atoms with E-state index in [1.54, 1.807) is 12.1 Å². The predicted molar refractivity (Wildman–Crippen MR) is 89.7 cm³/mol. The van der Waals surface area contributed by atoms with Crippen molar-refractivity contribution >= 4 is 59.7 Å². The van der Waals surface area contributed by atoms with Crippen molar-refractivity contribution in [3.05, 3.63) is 26.5 Å². The molecule has 0 atom stereocenters. The summed E-state index contributed by atoms with van der Waals surface area (Å²) >= 11 is 5.82. The highest BCUT2D eigenvalue weighted by atomic mass is 79.9. The van der Waals surface area contributed by atoms with E-state index in [1.807, 2.05) is 0 Å². The van der Waals surface area contributed by atoms with Gasteiger partial charge in [-0.2, -0.15) is 4.31 Å². The van der Waals surface area contributed by atoms with Gasteiger partial charge in [0.1, 0.15) is 4.21 Å². The van der Waals surface area contributed by atoms with Gasteiger partial charge in [-0.1, -0.05) is 0 Å². The zero-order chi connectivity index (χ0) is 15.9. The fourth-order valence-electron chi connectivity index (χ4n) is 2.14. The van der Waals surface area contributed by atoms with Crippen molar-refractivity contribution in [1.29, 1.82) is 0 Å². The predicted octanol–water partition coefficient (Wildman–Crippen LogP) is 2.67. The Bertz CT molecular complexity index is 828. The first-order chi connectivity index (χ1) is 10.4. The normalized spacial score (nSPS) is 15.5. The first-order valence-corrected chi connectivity index (χ1v) is 10.2. The third-order valence-corrected chi connectivity index (χ3v) is 8.06. The standard InChI is InChI=1S/C12H12BrN3O3S3/c1-7(17)14-12-15-8-4-5-16(6-9(8)20-12)22(18,19)11-3-2-10(13)21-11/h2-3H,4-6H2,1H3,(H,14,15,17). The van der Waals surface area contributed by atoms with Gasteiger partial charge in [0.15, 0.2) is 5.13 Å². The summed E-state index contributed by atoms with van der Waals surface area (Å²) in [4.78, 5) is 16.3. The van der Waals surface area contributed by atoms with Crippen LogP contribution in [-0.2, 0) is 27.8 Å². The second kappa shape index (κ2) is 6.00. The number of amides is 1. The average molecular weight is 422 g/mol. The fourth-order valence-corrected chi connectivity index (χ4v) is 6.87. The average Bonchev–Trinajstić information content (AvgIpc) is 3.02. The number of rotatable bonds is 3. The van der Waals surface area contributed by atoms with Crippen LogP contribution in [0.1, 0.15) is 17.5 Å². The number of anilines is 1. The van der Waals surface area contributed by atoms with Crippen molar-refractivity contribution in [2.75, 3.05) is 11.9 Å². The number of fused-ring (bicyclic) bond motifs is 1. The van der Waals surface area contributed by atoms with Gasteiger partial charge in [0.25, 0.3) is 10.0 Å². The molecule has 10 heteroatoms. The van der Waals surface area contributed by atoms with Gasteiger partial charge < -0.3 is 5.32 Å². The Morgan fingerprint density at radius 2 is 2.18 bits per heavy atom. The van der Waals surface area contributed by atoms with Crippen LogP contribution in [0, 0.1) is 0 Å². The highest BCUT2D eigenvalue weighted by Crippen LogP contribution is 2.33. The summed E-state index contributed by atoms with van der Waals surface area (Å²) in [6.45, 7) is 2.12. The molecule has 3 rings (SSSR count). The molecule has 2 aromatic heterocycles. The van der Waals surface area contributed by atoms with Crippen LogP contribution in [-0.4, -0.2) is 30.2 Å². The van der Waals surface area contributed by atoms with E-state index in [1.165, 1.54) is 33.9 Å². The Morgan fingerprint density at radius 3 is 2.82 bits per heavy atom. The molecule has 0 aromatic carbocycles. The van der Waals surface area contributed by atoms with E-state index in [0.29, 0.717) is 28.9 Å². The van der Waals surface area contributed by atoms with E-state index in [4.69, 9.17) is 0 Å². The van der Waals surface area contributed by atoms with Crippen molar-refractivity contribution in [2.24, 2.45) is 0 Å². The number of aromatic nitrogens is 1. The van der Waals surface area contributed by atoms with Crippen LogP contribution in [0.25, 0.3) is 0 Å². The molecule has 22 heavy (non-hydrogen) atoms. The van der Waals surface area contributed by atoms with Crippen LogP contribution >= 0.6 is 38.6 Å². The molecule has 118 valence electrons. The van der Waals surface area contributed by atoms with Crippen molar-refractivity contribution in [1.82, 2.24) is 9.29 Å². The first kappa shape index (κ1) is 16.1. The number of thiazole rings is 1. The summed E-state index contributed by atoms with van der Waals surface area (Å²) in [6.07, 6.45) is 0.553. The van der Waals surface area contributed by atoms with Crippen molar-refractivity contribution in [2.45, 2.75) is 24.1 Å². The molecule has 0 saturated heterocycles. The summed E-state index contributed by atoms with van der Waals surface area (Å²) in [5.41, 5.74) is 0.868. The number of hydrogen-bond acceptors (Lipinski definition) is 6. The smallest absolute Gasteiger partial charge is 0.252 e.